The van der Waals surface area contributed by atoms with Gasteiger partial charge in [-0.05, 0) is 36.7 Å². The van der Waals surface area contributed by atoms with Gasteiger partial charge >= 0.3 is 5.97 Å². The second-order valence-electron chi connectivity index (χ2n) is 7.13. The van der Waals surface area contributed by atoms with Crippen LogP contribution < -0.4 is 4.90 Å². The third-order valence-corrected chi connectivity index (χ3v) is 6.10. The summed E-state index contributed by atoms with van der Waals surface area (Å²) in [6.45, 7) is 1.27. The molecule has 0 atom stereocenters. The molecule has 166 valence electrons. The van der Waals surface area contributed by atoms with Gasteiger partial charge in [0, 0.05) is 64.9 Å². The van der Waals surface area contributed by atoms with E-state index >= 15 is 0 Å². The Kier molecular flexibility index (Phi) is 6.92. The minimum absolute atomic E-state index is 0.00774. The zero-order chi connectivity index (χ0) is 22.7. The molecule has 0 saturated heterocycles. The van der Waals surface area contributed by atoms with Crippen LogP contribution in [-0.2, 0) is 11.3 Å². The molecule has 1 aliphatic heterocycles. The number of thiophene rings is 1. The highest BCUT2D eigenvalue weighted by molar-refractivity contribution is 14.1. The molecule has 0 fully saturated rings. The van der Waals surface area contributed by atoms with Gasteiger partial charge in [0.15, 0.2) is 22.9 Å². The van der Waals surface area contributed by atoms with Gasteiger partial charge in [-0.15, -0.1) is 11.3 Å². The van der Waals surface area contributed by atoms with E-state index < -0.39 is 5.97 Å². The number of aromatic nitrogens is 1. The van der Waals surface area contributed by atoms with Crippen molar-refractivity contribution in [2.75, 3.05) is 32.1 Å². The van der Waals surface area contributed by atoms with Crippen molar-refractivity contribution in [3.63, 3.8) is 0 Å². The van der Waals surface area contributed by atoms with Gasteiger partial charge in [0.2, 0.25) is 5.88 Å². The Morgan fingerprint density at radius 1 is 1.34 bits per heavy atom. The molecule has 0 aliphatic carbocycles. The van der Waals surface area contributed by atoms with Crippen LogP contribution in [0.25, 0.3) is 11.6 Å². The number of fused-ring (bicyclic) bond motifs is 1. The fourth-order valence-corrected chi connectivity index (χ4v) is 4.16. The van der Waals surface area contributed by atoms with Crippen LogP contribution in [0, 0.1) is 0 Å². The number of carbonyl (C=O) groups is 1. The first-order chi connectivity index (χ1) is 15.4. The smallest absolute Gasteiger partial charge is 0.347 e. The molecule has 4 heterocycles. The summed E-state index contributed by atoms with van der Waals surface area (Å²) in [4.78, 5) is 24.3. The fourth-order valence-electron chi connectivity index (χ4n) is 3.20. The number of aromatic hydroxyl groups is 1. The molecule has 3 aromatic rings. The average molecular weight is 564 g/mol. The highest BCUT2D eigenvalue weighted by atomic mass is 127. The molecule has 1 aliphatic rings. The number of rotatable bonds is 8. The van der Waals surface area contributed by atoms with Crippen molar-refractivity contribution in [1.29, 1.82) is 0 Å². The number of nitrogens with zero attached hydrogens (tertiary/aromatic N) is 4. The number of allylic oxidation sites excluding steroid dienone is 1. The van der Waals surface area contributed by atoms with E-state index in [1.807, 2.05) is 39.8 Å². The normalized spacial score (nSPS) is 13.7. The highest BCUT2D eigenvalue weighted by Gasteiger charge is 2.29. The maximum absolute atomic E-state index is 12.9. The van der Waals surface area contributed by atoms with Crippen LogP contribution in [-0.4, -0.2) is 52.6 Å². The Balaban J connectivity index is 1.69. The van der Waals surface area contributed by atoms with Crippen LogP contribution in [0.3, 0.4) is 0 Å². The second kappa shape index (κ2) is 9.84. The van der Waals surface area contributed by atoms with Gasteiger partial charge in [0.05, 0.1) is 6.54 Å². The number of hydrogen-bond acceptors (Lipinski definition) is 9. The van der Waals surface area contributed by atoms with E-state index in [0.29, 0.717) is 18.9 Å². The van der Waals surface area contributed by atoms with Crippen molar-refractivity contribution < 1.29 is 19.1 Å². The van der Waals surface area contributed by atoms with Crippen molar-refractivity contribution in [3.05, 3.63) is 57.6 Å². The summed E-state index contributed by atoms with van der Waals surface area (Å²) in [5, 5.41) is 12.9. The highest BCUT2D eigenvalue weighted by Crippen LogP contribution is 2.40. The van der Waals surface area contributed by atoms with Crippen LogP contribution in [0.2, 0.25) is 0 Å². The number of hydrogen-bond donors (Lipinski definition) is 1. The molecule has 0 amide bonds. The molecule has 8 nitrogen and oxygen atoms in total. The SMILES string of the molecule is CN(I)CCOC(=O)c1c(N(C)Cc2cccs2)oc(C=C2C=Nc3ncccc32)c1O. The van der Waals surface area contributed by atoms with E-state index in [4.69, 9.17) is 9.15 Å². The zero-order valence-corrected chi connectivity index (χ0v) is 20.5. The van der Waals surface area contributed by atoms with E-state index in [2.05, 4.69) is 32.8 Å². The molecule has 0 aromatic carbocycles. The Hall–Kier alpha value is -2.70. The van der Waals surface area contributed by atoms with Crippen molar-refractivity contribution in [1.82, 2.24) is 8.10 Å². The molecule has 0 bridgehead atoms. The lowest BCUT2D eigenvalue weighted by atomic mass is 10.1. The van der Waals surface area contributed by atoms with E-state index in [1.54, 1.807) is 41.8 Å². The van der Waals surface area contributed by atoms with Crippen LogP contribution in [0.5, 0.6) is 5.75 Å². The topological polar surface area (TPSA) is 91.4 Å². The van der Waals surface area contributed by atoms with Crippen LogP contribution in [0.1, 0.15) is 26.6 Å². The number of carbonyl (C=O) groups excluding carboxylic acids is 1. The lowest BCUT2D eigenvalue weighted by molar-refractivity contribution is 0.0496. The maximum Gasteiger partial charge on any atom is 0.347 e. The lowest BCUT2D eigenvalue weighted by Gasteiger charge is -2.16. The minimum atomic E-state index is -0.635. The molecule has 3 aromatic heterocycles. The number of anilines is 1. The molecule has 0 spiro atoms. The zero-order valence-electron chi connectivity index (χ0n) is 17.5. The Bertz CT molecular complexity index is 1170. The summed E-state index contributed by atoms with van der Waals surface area (Å²) in [5.74, 6) is 0.113. The first kappa shape index (κ1) is 22.5. The van der Waals surface area contributed by atoms with Gasteiger partial charge in [-0.2, -0.15) is 0 Å². The van der Waals surface area contributed by atoms with Crippen molar-refractivity contribution in [2.24, 2.45) is 4.99 Å². The fraction of sp³-hybridized carbons (Fsp3) is 0.227. The first-order valence-corrected chi connectivity index (χ1v) is 11.6. The molecule has 0 unspecified atom stereocenters. The number of ether oxygens (including phenoxy) is 1. The number of aliphatic imine (C=N–C) groups is 1. The molecule has 4 rings (SSSR count). The molecule has 32 heavy (non-hydrogen) atoms. The molecular weight excluding hydrogens is 543 g/mol. The minimum Gasteiger partial charge on any atom is -0.504 e. The summed E-state index contributed by atoms with van der Waals surface area (Å²) in [5.41, 5.74) is 1.57. The molecule has 0 radical (unpaired) electrons. The van der Waals surface area contributed by atoms with Crippen LogP contribution >= 0.6 is 34.2 Å². The summed E-state index contributed by atoms with van der Waals surface area (Å²) in [7, 11) is 3.69. The average Bonchev–Trinajstić information content (AvgIpc) is 3.48. The van der Waals surface area contributed by atoms with Crippen molar-refractivity contribution >= 4 is 69.7 Å². The Labute approximate surface area is 203 Å². The molecule has 0 saturated carbocycles. The molecule has 10 heteroatoms. The van der Waals surface area contributed by atoms with Gasteiger partial charge in [0.1, 0.15) is 6.61 Å². The van der Waals surface area contributed by atoms with Gasteiger partial charge in [-0.3, -0.25) is 0 Å². The van der Waals surface area contributed by atoms with E-state index in [-0.39, 0.29) is 29.6 Å². The Morgan fingerprint density at radius 3 is 2.94 bits per heavy atom. The third-order valence-electron chi connectivity index (χ3n) is 4.76. The van der Waals surface area contributed by atoms with Gasteiger partial charge in [-0.1, -0.05) is 6.07 Å². The number of esters is 1. The number of furan rings is 1. The maximum atomic E-state index is 12.9. The van der Waals surface area contributed by atoms with Gasteiger partial charge in [-0.25, -0.2) is 17.9 Å². The predicted molar refractivity (Wildman–Crippen MR) is 134 cm³/mol. The predicted octanol–water partition coefficient (Wildman–Crippen LogP) is 4.77. The van der Waals surface area contributed by atoms with Crippen LogP contribution in [0.4, 0.5) is 11.7 Å². The lowest BCUT2D eigenvalue weighted by Crippen LogP contribution is -2.20. The van der Waals surface area contributed by atoms with E-state index in [0.717, 1.165) is 16.0 Å². The largest absolute Gasteiger partial charge is 0.504 e. The standard InChI is InChI=1S/C22H21IN4O4S/c1-26(13-15-5-4-10-32-15)21-18(22(29)30-9-8-27(2)23)19(28)17(31-21)11-14-12-25-20-16(14)6-3-7-24-20/h3-7,10-12,28H,8-9,13H2,1-2H3. The summed E-state index contributed by atoms with van der Waals surface area (Å²) in [6, 6.07) is 7.67. The van der Waals surface area contributed by atoms with Gasteiger partial charge < -0.3 is 19.2 Å². The summed E-state index contributed by atoms with van der Waals surface area (Å²) >= 11 is 3.72. The summed E-state index contributed by atoms with van der Waals surface area (Å²) < 4.78 is 13.3. The third kappa shape index (κ3) is 4.87. The monoisotopic (exact) mass is 564 g/mol. The first-order valence-electron chi connectivity index (χ1n) is 9.78. The van der Waals surface area contributed by atoms with Crippen molar-refractivity contribution in [2.45, 2.75) is 6.54 Å². The number of likely N-dealkylation sites (N-methyl/N-ethyl adjacent to an activating group) is 1. The Morgan fingerprint density at radius 2 is 2.19 bits per heavy atom. The number of halogens is 1. The van der Waals surface area contributed by atoms with Crippen molar-refractivity contribution in [3.8, 4) is 5.75 Å². The molecular formula is C22H21IN4O4S. The van der Waals surface area contributed by atoms with E-state index in [1.165, 1.54) is 0 Å². The molecule has 1 N–H and O–H groups in total. The van der Waals surface area contributed by atoms with E-state index in [9.17, 15) is 9.90 Å². The quantitative estimate of drug-likeness (QED) is 0.240. The number of pyridine rings is 1. The second-order valence-corrected chi connectivity index (χ2v) is 9.81. The van der Waals surface area contributed by atoms with Gasteiger partial charge in [0.25, 0.3) is 0 Å². The summed E-state index contributed by atoms with van der Waals surface area (Å²) in [6.07, 6.45) is 4.98. The van der Waals surface area contributed by atoms with Crippen LogP contribution in [0.15, 0.2) is 45.3 Å².